The van der Waals surface area contributed by atoms with Crippen molar-refractivity contribution in [2.24, 2.45) is 0 Å². The van der Waals surface area contributed by atoms with E-state index in [0.29, 0.717) is 6.42 Å². The van der Waals surface area contributed by atoms with Crippen molar-refractivity contribution in [3.05, 3.63) is 0 Å². The van der Waals surface area contributed by atoms with Crippen LogP contribution in [0.1, 0.15) is 129 Å². The van der Waals surface area contributed by atoms with Gasteiger partial charge < -0.3 is 5.11 Å². The molecule has 0 aromatic rings. The average Bonchev–Trinajstić information content (AvgIpc) is 2.62. The zero-order valence-electron chi connectivity index (χ0n) is 17.8. The third-order valence-electron chi connectivity index (χ3n) is 5.41. The van der Waals surface area contributed by atoms with Crippen molar-refractivity contribution in [1.82, 2.24) is 0 Å². The summed E-state index contributed by atoms with van der Waals surface area (Å²) in [6.45, 7) is 2.05. The van der Waals surface area contributed by atoms with E-state index in [9.17, 15) is 13.5 Å². The molecule has 0 fully saturated rings. The first kappa shape index (κ1) is 26.9. The SMILES string of the molecule is CCC(O)CCCCCCCCCCCCCCCCCCCS(=O)(=O)O. The van der Waals surface area contributed by atoms with Crippen LogP contribution in [-0.4, -0.2) is 29.9 Å². The number of rotatable bonds is 21. The van der Waals surface area contributed by atoms with Crippen molar-refractivity contribution in [3.63, 3.8) is 0 Å². The van der Waals surface area contributed by atoms with Gasteiger partial charge in [0.05, 0.1) is 11.9 Å². The Balaban J connectivity index is 3.07. The van der Waals surface area contributed by atoms with Crippen LogP contribution in [0.2, 0.25) is 0 Å². The first-order valence-corrected chi connectivity index (χ1v) is 13.2. The zero-order chi connectivity index (χ0) is 20.2. The molecule has 2 N–H and O–H groups in total. The van der Waals surface area contributed by atoms with E-state index in [1.807, 2.05) is 6.92 Å². The number of unbranched alkanes of at least 4 members (excludes halogenated alkanes) is 16. The summed E-state index contributed by atoms with van der Waals surface area (Å²) in [5, 5.41) is 9.49. The van der Waals surface area contributed by atoms with Gasteiger partial charge in [0.15, 0.2) is 0 Å². The minimum Gasteiger partial charge on any atom is -0.393 e. The summed E-state index contributed by atoms with van der Waals surface area (Å²) in [6, 6.07) is 0. The standard InChI is InChI=1S/C22H46O4S/c1-2-22(23)20-18-16-14-12-10-8-6-4-3-5-7-9-11-13-15-17-19-21-27(24,25)26/h22-23H,2-21H2,1H3,(H,24,25,26). The van der Waals surface area contributed by atoms with Crippen molar-refractivity contribution in [2.75, 3.05) is 5.75 Å². The molecule has 0 aliphatic rings. The molecule has 0 amide bonds. The van der Waals surface area contributed by atoms with Gasteiger partial charge in [-0.25, -0.2) is 0 Å². The smallest absolute Gasteiger partial charge is 0.264 e. The molecule has 0 spiro atoms. The molecular weight excluding hydrogens is 360 g/mol. The van der Waals surface area contributed by atoms with Crippen molar-refractivity contribution < 1.29 is 18.1 Å². The number of aliphatic hydroxyl groups is 1. The van der Waals surface area contributed by atoms with E-state index >= 15 is 0 Å². The maximum atomic E-state index is 10.6. The first-order valence-electron chi connectivity index (χ1n) is 11.6. The predicted octanol–water partition coefficient (Wildman–Crippen LogP) is 6.67. The molecule has 0 saturated heterocycles. The molecule has 164 valence electrons. The summed E-state index contributed by atoms with van der Waals surface area (Å²) >= 11 is 0. The highest BCUT2D eigenvalue weighted by atomic mass is 32.2. The molecule has 0 aromatic heterocycles. The molecule has 0 aromatic carbocycles. The second kappa shape index (κ2) is 19.2. The van der Waals surface area contributed by atoms with E-state index in [2.05, 4.69) is 0 Å². The van der Waals surface area contributed by atoms with E-state index in [1.54, 1.807) is 0 Å². The maximum absolute atomic E-state index is 10.6. The summed E-state index contributed by atoms with van der Waals surface area (Å²) in [7, 11) is -3.76. The van der Waals surface area contributed by atoms with Crippen molar-refractivity contribution in [3.8, 4) is 0 Å². The van der Waals surface area contributed by atoms with Gasteiger partial charge in [-0.15, -0.1) is 0 Å². The Labute approximate surface area is 169 Å². The van der Waals surface area contributed by atoms with E-state index < -0.39 is 10.1 Å². The van der Waals surface area contributed by atoms with Crippen LogP contribution < -0.4 is 0 Å². The Morgan fingerprint density at radius 3 is 1.19 bits per heavy atom. The molecule has 0 rings (SSSR count). The minimum absolute atomic E-state index is 0.0805. The van der Waals surface area contributed by atoms with Crippen molar-refractivity contribution in [1.29, 1.82) is 0 Å². The normalized spacial score (nSPS) is 13.1. The van der Waals surface area contributed by atoms with Gasteiger partial charge in [0.2, 0.25) is 0 Å². The van der Waals surface area contributed by atoms with E-state index in [1.165, 1.54) is 89.9 Å². The minimum atomic E-state index is -3.76. The van der Waals surface area contributed by atoms with Gasteiger partial charge >= 0.3 is 0 Å². The lowest BCUT2D eigenvalue weighted by Crippen LogP contribution is -2.03. The molecule has 1 unspecified atom stereocenters. The van der Waals surface area contributed by atoms with E-state index in [-0.39, 0.29) is 11.9 Å². The Morgan fingerprint density at radius 2 is 0.889 bits per heavy atom. The van der Waals surface area contributed by atoms with Crippen molar-refractivity contribution in [2.45, 2.75) is 135 Å². The predicted molar refractivity (Wildman–Crippen MR) is 116 cm³/mol. The van der Waals surface area contributed by atoms with Gasteiger partial charge in [-0.05, 0) is 19.3 Å². The summed E-state index contributed by atoms with van der Waals surface area (Å²) in [5.41, 5.74) is 0. The quantitative estimate of drug-likeness (QED) is 0.165. The fraction of sp³-hybridized carbons (Fsp3) is 1.00. The molecule has 0 bridgehead atoms. The molecule has 5 heteroatoms. The molecule has 0 aliphatic carbocycles. The topological polar surface area (TPSA) is 74.6 Å². The van der Waals surface area contributed by atoms with Crippen LogP contribution in [0.5, 0.6) is 0 Å². The van der Waals surface area contributed by atoms with E-state index in [0.717, 1.165) is 25.7 Å². The van der Waals surface area contributed by atoms with Gasteiger partial charge in [0.1, 0.15) is 0 Å². The third-order valence-corrected chi connectivity index (χ3v) is 6.22. The van der Waals surface area contributed by atoms with Crippen LogP contribution >= 0.6 is 0 Å². The van der Waals surface area contributed by atoms with Crippen LogP contribution in [0.3, 0.4) is 0 Å². The Morgan fingerprint density at radius 1 is 0.593 bits per heavy atom. The monoisotopic (exact) mass is 406 g/mol. The molecule has 0 aliphatic heterocycles. The fourth-order valence-electron chi connectivity index (χ4n) is 3.52. The number of aliphatic hydroxyl groups excluding tert-OH is 1. The van der Waals surface area contributed by atoms with Crippen LogP contribution in [0.15, 0.2) is 0 Å². The second-order valence-corrected chi connectivity index (χ2v) is 9.72. The highest BCUT2D eigenvalue weighted by molar-refractivity contribution is 7.85. The summed E-state index contributed by atoms with van der Waals surface area (Å²) in [4.78, 5) is 0. The van der Waals surface area contributed by atoms with Crippen LogP contribution in [0.25, 0.3) is 0 Å². The molecule has 27 heavy (non-hydrogen) atoms. The summed E-state index contributed by atoms with van der Waals surface area (Å²) in [6.07, 6.45) is 22.8. The van der Waals surface area contributed by atoms with Gasteiger partial charge in [0, 0.05) is 0 Å². The summed E-state index contributed by atoms with van der Waals surface area (Å²) in [5.74, 6) is -0.0872. The first-order chi connectivity index (χ1) is 13.0. The maximum Gasteiger partial charge on any atom is 0.264 e. The average molecular weight is 407 g/mol. The van der Waals surface area contributed by atoms with Gasteiger partial charge in [-0.3, -0.25) is 4.55 Å². The lowest BCUT2D eigenvalue weighted by molar-refractivity contribution is 0.156. The van der Waals surface area contributed by atoms with Crippen molar-refractivity contribution >= 4 is 10.1 Å². The lowest BCUT2D eigenvalue weighted by Gasteiger charge is -2.06. The molecule has 0 heterocycles. The lowest BCUT2D eigenvalue weighted by atomic mass is 10.0. The molecule has 1 atom stereocenters. The van der Waals surface area contributed by atoms with Crippen LogP contribution in [-0.2, 0) is 10.1 Å². The molecule has 0 saturated carbocycles. The largest absolute Gasteiger partial charge is 0.393 e. The van der Waals surface area contributed by atoms with Crippen LogP contribution in [0, 0.1) is 0 Å². The number of hydrogen-bond donors (Lipinski definition) is 2. The Bertz CT molecular complexity index is 395. The molecule has 0 radical (unpaired) electrons. The second-order valence-electron chi connectivity index (χ2n) is 8.15. The highest BCUT2D eigenvalue weighted by Crippen LogP contribution is 2.15. The summed E-state index contributed by atoms with van der Waals surface area (Å²) < 4.78 is 29.8. The Kier molecular flexibility index (Phi) is 19.1. The Hall–Kier alpha value is -0.130. The molecular formula is C22H46O4S. The zero-order valence-corrected chi connectivity index (χ0v) is 18.7. The third kappa shape index (κ3) is 23.8. The van der Waals surface area contributed by atoms with Crippen LogP contribution in [0.4, 0.5) is 0 Å². The number of hydrogen-bond acceptors (Lipinski definition) is 3. The molecule has 4 nitrogen and oxygen atoms in total. The van der Waals surface area contributed by atoms with Gasteiger partial charge in [-0.1, -0.05) is 110 Å². The van der Waals surface area contributed by atoms with Gasteiger partial charge in [0.25, 0.3) is 10.1 Å². The van der Waals surface area contributed by atoms with E-state index in [4.69, 9.17) is 4.55 Å². The highest BCUT2D eigenvalue weighted by Gasteiger charge is 2.03. The fourth-order valence-corrected chi connectivity index (χ4v) is 4.09. The van der Waals surface area contributed by atoms with Gasteiger partial charge in [-0.2, -0.15) is 8.42 Å².